The second-order valence-corrected chi connectivity index (χ2v) is 5.34. The van der Waals surface area contributed by atoms with Gasteiger partial charge in [-0.2, -0.15) is 0 Å². The van der Waals surface area contributed by atoms with Gasteiger partial charge in [-0.15, -0.1) is 0 Å². The summed E-state index contributed by atoms with van der Waals surface area (Å²) in [5.41, 5.74) is 1.20. The molecule has 0 amide bonds. The van der Waals surface area contributed by atoms with Gasteiger partial charge in [0.15, 0.2) is 11.5 Å². The maximum atomic E-state index is 9.32. The smallest absolute Gasteiger partial charge is 0.161 e. The van der Waals surface area contributed by atoms with E-state index >= 15 is 0 Å². The number of aliphatic hydroxyl groups is 1. The van der Waals surface area contributed by atoms with Gasteiger partial charge in [-0.3, -0.25) is 0 Å². The third-order valence-corrected chi connectivity index (χ3v) is 4.07. The fourth-order valence-corrected chi connectivity index (χ4v) is 2.97. The molecule has 4 heteroatoms. The zero-order valence-electron chi connectivity index (χ0n) is 11.1. The molecule has 1 aromatic rings. The van der Waals surface area contributed by atoms with E-state index in [0.717, 1.165) is 30.9 Å². The lowest BCUT2D eigenvalue weighted by atomic mass is 10.0. The summed E-state index contributed by atoms with van der Waals surface area (Å²) in [5.74, 6) is 2.09. The monoisotopic (exact) mass is 263 g/mol. The number of rotatable bonds is 4. The molecule has 0 saturated heterocycles. The van der Waals surface area contributed by atoms with Gasteiger partial charge in [0.25, 0.3) is 0 Å². The van der Waals surface area contributed by atoms with Crippen molar-refractivity contribution < 1.29 is 14.6 Å². The first-order valence-electron chi connectivity index (χ1n) is 7.09. The molecule has 2 unspecified atom stereocenters. The van der Waals surface area contributed by atoms with E-state index in [1.807, 2.05) is 12.1 Å². The normalized spacial score (nSPS) is 25.5. The molecule has 2 atom stereocenters. The Morgan fingerprint density at radius 3 is 2.84 bits per heavy atom. The largest absolute Gasteiger partial charge is 0.486 e. The topological polar surface area (TPSA) is 50.7 Å². The molecule has 1 saturated carbocycles. The van der Waals surface area contributed by atoms with E-state index in [0.29, 0.717) is 31.8 Å². The average molecular weight is 263 g/mol. The number of hydrogen-bond acceptors (Lipinski definition) is 4. The summed E-state index contributed by atoms with van der Waals surface area (Å²) in [6.45, 7) is 2.36. The van der Waals surface area contributed by atoms with Crippen molar-refractivity contribution in [2.45, 2.75) is 31.8 Å². The highest BCUT2D eigenvalue weighted by Gasteiger charge is 2.25. The lowest BCUT2D eigenvalue weighted by molar-refractivity contribution is 0.171. The molecule has 0 bridgehead atoms. The molecule has 1 aromatic carbocycles. The van der Waals surface area contributed by atoms with Crippen LogP contribution >= 0.6 is 0 Å². The molecule has 0 spiro atoms. The first kappa shape index (κ1) is 12.8. The minimum atomic E-state index is 0.290. The molecule has 0 aromatic heterocycles. The molecule has 1 aliphatic carbocycles. The summed E-state index contributed by atoms with van der Waals surface area (Å²) in [6, 6.07) is 6.54. The summed E-state index contributed by atoms with van der Waals surface area (Å²) in [5, 5.41) is 12.9. The van der Waals surface area contributed by atoms with Crippen molar-refractivity contribution >= 4 is 0 Å². The van der Waals surface area contributed by atoms with Crippen molar-refractivity contribution in [1.29, 1.82) is 0 Å². The van der Waals surface area contributed by atoms with E-state index < -0.39 is 0 Å². The fourth-order valence-electron chi connectivity index (χ4n) is 2.97. The van der Waals surface area contributed by atoms with E-state index in [-0.39, 0.29) is 0 Å². The standard InChI is InChI=1S/C15H21NO3/c17-10-12-2-1-3-13(12)16-9-11-4-5-14-15(8-11)19-7-6-18-14/h4-5,8,12-13,16-17H,1-3,6-7,9-10H2. The predicted octanol–water partition coefficient (Wildman–Crippen LogP) is 1.71. The van der Waals surface area contributed by atoms with Gasteiger partial charge in [-0.05, 0) is 36.5 Å². The van der Waals surface area contributed by atoms with Crippen molar-refractivity contribution in [3.8, 4) is 11.5 Å². The minimum absolute atomic E-state index is 0.290. The van der Waals surface area contributed by atoms with Crippen LogP contribution in [0.4, 0.5) is 0 Å². The Morgan fingerprint density at radius 1 is 1.16 bits per heavy atom. The first-order chi connectivity index (χ1) is 9.36. The molecule has 1 heterocycles. The second kappa shape index (κ2) is 5.80. The van der Waals surface area contributed by atoms with Crippen LogP contribution in [0.25, 0.3) is 0 Å². The van der Waals surface area contributed by atoms with Crippen LogP contribution in [-0.2, 0) is 6.54 Å². The minimum Gasteiger partial charge on any atom is -0.486 e. The molecule has 2 N–H and O–H groups in total. The molecule has 3 rings (SSSR count). The lowest BCUT2D eigenvalue weighted by Crippen LogP contribution is -2.33. The van der Waals surface area contributed by atoms with Crippen molar-refractivity contribution in [2.24, 2.45) is 5.92 Å². The van der Waals surface area contributed by atoms with Gasteiger partial charge in [-0.1, -0.05) is 12.5 Å². The lowest BCUT2D eigenvalue weighted by Gasteiger charge is -2.21. The molecular formula is C15H21NO3. The molecule has 19 heavy (non-hydrogen) atoms. The zero-order valence-corrected chi connectivity index (χ0v) is 11.1. The van der Waals surface area contributed by atoms with Crippen LogP contribution in [0.1, 0.15) is 24.8 Å². The zero-order chi connectivity index (χ0) is 13.1. The highest BCUT2D eigenvalue weighted by Crippen LogP contribution is 2.31. The summed E-state index contributed by atoms with van der Waals surface area (Å²) in [6.07, 6.45) is 3.51. The summed E-state index contributed by atoms with van der Waals surface area (Å²) in [4.78, 5) is 0. The molecule has 0 radical (unpaired) electrons. The van der Waals surface area contributed by atoms with Crippen LogP contribution < -0.4 is 14.8 Å². The van der Waals surface area contributed by atoms with Crippen LogP contribution in [0.15, 0.2) is 18.2 Å². The molecule has 1 fully saturated rings. The number of nitrogens with one attached hydrogen (secondary N) is 1. The van der Waals surface area contributed by atoms with Gasteiger partial charge in [0.05, 0.1) is 0 Å². The molecule has 4 nitrogen and oxygen atoms in total. The maximum Gasteiger partial charge on any atom is 0.161 e. The van der Waals surface area contributed by atoms with Gasteiger partial charge in [-0.25, -0.2) is 0 Å². The van der Waals surface area contributed by atoms with Crippen LogP contribution in [-0.4, -0.2) is 31.0 Å². The van der Waals surface area contributed by atoms with Crippen molar-refractivity contribution in [3.63, 3.8) is 0 Å². The van der Waals surface area contributed by atoms with E-state index in [9.17, 15) is 5.11 Å². The van der Waals surface area contributed by atoms with Crippen molar-refractivity contribution in [1.82, 2.24) is 5.32 Å². The first-order valence-corrected chi connectivity index (χ1v) is 7.09. The maximum absolute atomic E-state index is 9.32. The van der Waals surface area contributed by atoms with Gasteiger partial charge >= 0.3 is 0 Å². The summed E-state index contributed by atoms with van der Waals surface area (Å²) in [7, 11) is 0. The second-order valence-electron chi connectivity index (χ2n) is 5.34. The van der Waals surface area contributed by atoms with Crippen LogP contribution in [0.3, 0.4) is 0 Å². The van der Waals surface area contributed by atoms with E-state index in [1.165, 1.54) is 12.0 Å². The number of ether oxygens (including phenoxy) is 2. The number of aliphatic hydroxyl groups excluding tert-OH is 1. The predicted molar refractivity (Wildman–Crippen MR) is 72.5 cm³/mol. The quantitative estimate of drug-likeness (QED) is 0.868. The van der Waals surface area contributed by atoms with Gasteiger partial charge in [0, 0.05) is 19.2 Å². The third-order valence-electron chi connectivity index (χ3n) is 4.07. The average Bonchev–Trinajstić information content (AvgIpc) is 2.92. The Morgan fingerprint density at radius 2 is 2.00 bits per heavy atom. The Kier molecular flexibility index (Phi) is 3.89. The SMILES string of the molecule is OCC1CCCC1NCc1ccc2c(c1)OCCO2. The Hall–Kier alpha value is -1.26. The molecule has 2 aliphatic rings. The van der Waals surface area contributed by atoms with E-state index in [4.69, 9.17) is 9.47 Å². The Labute approximate surface area is 113 Å². The number of fused-ring (bicyclic) bond motifs is 1. The van der Waals surface area contributed by atoms with Crippen LogP contribution in [0, 0.1) is 5.92 Å². The highest BCUT2D eigenvalue weighted by atomic mass is 16.6. The molecule has 104 valence electrons. The van der Waals surface area contributed by atoms with Crippen molar-refractivity contribution in [2.75, 3.05) is 19.8 Å². The van der Waals surface area contributed by atoms with Crippen LogP contribution in [0.5, 0.6) is 11.5 Å². The van der Waals surface area contributed by atoms with E-state index in [2.05, 4.69) is 11.4 Å². The number of benzene rings is 1. The number of hydrogen-bond donors (Lipinski definition) is 2. The molecule has 1 aliphatic heterocycles. The fraction of sp³-hybridized carbons (Fsp3) is 0.600. The van der Waals surface area contributed by atoms with Crippen molar-refractivity contribution in [3.05, 3.63) is 23.8 Å². The van der Waals surface area contributed by atoms with Gasteiger partial charge in [0.2, 0.25) is 0 Å². The highest BCUT2D eigenvalue weighted by molar-refractivity contribution is 5.43. The Balaban J connectivity index is 1.60. The van der Waals surface area contributed by atoms with Gasteiger partial charge < -0.3 is 19.9 Å². The Bertz CT molecular complexity index is 435. The van der Waals surface area contributed by atoms with E-state index in [1.54, 1.807) is 0 Å². The van der Waals surface area contributed by atoms with Crippen LogP contribution in [0.2, 0.25) is 0 Å². The molecular weight excluding hydrogens is 242 g/mol. The summed E-state index contributed by atoms with van der Waals surface area (Å²) >= 11 is 0. The van der Waals surface area contributed by atoms with Gasteiger partial charge in [0.1, 0.15) is 13.2 Å². The third kappa shape index (κ3) is 2.85. The summed E-state index contributed by atoms with van der Waals surface area (Å²) < 4.78 is 11.1.